The standard InChI is InChI=1S/2C6H6O.2C5H5.Hf/c2*7-6-4-2-1-3-5-6;2*1-2-4-5-3-1;/h2*1-5,7H;2*1-3H,4H2;/q;;2*-1;+4/p-2. The Morgan fingerprint density at radius 1 is 0.600 bits per heavy atom. The molecule has 0 N–H and O–H groups in total. The van der Waals surface area contributed by atoms with Gasteiger partial charge in [0.1, 0.15) is 0 Å². The summed E-state index contributed by atoms with van der Waals surface area (Å²) < 4.78 is 0. The summed E-state index contributed by atoms with van der Waals surface area (Å²) in [5.74, 6) is 0.144. The molecule has 124 valence electrons. The van der Waals surface area contributed by atoms with Crippen LogP contribution in [0.5, 0.6) is 11.5 Å². The van der Waals surface area contributed by atoms with Crippen molar-refractivity contribution in [3.8, 4) is 11.5 Å². The van der Waals surface area contributed by atoms with E-state index >= 15 is 0 Å². The maximum Gasteiger partial charge on any atom is 4.00 e. The molecule has 0 bridgehead atoms. The van der Waals surface area contributed by atoms with Crippen LogP contribution in [0.2, 0.25) is 0 Å². The van der Waals surface area contributed by atoms with Crippen molar-refractivity contribution in [2.75, 3.05) is 0 Å². The molecule has 4 rings (SSSR count). The summed E-state index contributed by atoms with van der Waals surface area (Å²) in [5.41, 5.74) is 0. The Balaban J connectivity index is 0.000000307. The van der Waals surface area contributed by atoms with Crippen LogP contribution in [0.15, 0.2) is 97.1 Å². The zero-order valence-electron chi connectivity index (χ0n) is 14.0. The van der Waals surface area contributed by atoms with Crippen LogP contribution in [0.25, 0.3) is 0 Å². The van der Waals surface area contributed by atoms with E-state index in [0.717, 1.165) is 12.8 Å². The Bertz CT molecular complexity index is 565. The minimum Gasteiger partial charge on any atom is -0.872 e. The van der Waals surface area contributed by atoms with E-state index in [1.165, 1.54) is 24.3 Å². The molecule has 0 unspecified atom stereocenters. The quantitative estimate of drug-likeness (QED) is 0.408. The summed E-state index contributed by atoms with van der Waals surface area (Å²) in [7, 11) is 0. The van der Waals surface area contributed by atoms with Gasteiger partial charge < -0.3 is 10.2 Å². The number of para-hydroxylation sites is 2. The summed E-state index contributed by atoms with van der Waals surface area (Å²) in [6, 6.07) is 16.7. The van der Waals surface area contributed by atoms with Crippen LogP contribution in [-0.4, -0.2) is 0 Å². The molecule has 0 aromatic heterocycles. The maximum atomic E-state index is 10.3. The normalized spacial score (nSPS) is 11.8. The molecule has 0 spiro atoms. The zero-order chi connectivity index (χ0) is 17.3. The van der Waals surface area contributed by atoms with E-state index < -0.39 is 0 Å². The van der Waals surface area contributed by atoms with Crippen molar-refractivity contribution in [3.05, 3.63) is 109 Å². The summed E-state index contributed by atoms with van der Waals surface area (Å²) in [5, 5.41) is 20.5. The topological polar surface area (TPSA) is 46.1 Å². The number of allylic oxidation sites excluding steroid dienone is 8. The molecule has 0 fully saturated rings. The molecule has 2 aliphatic rings. The van der Waals surface area contributed by atoms with Gasteiger partial charge in [0, 0.05) is 0 Å². The molecule has 0 atom stereocenters. The van der Waals surface area contributed by atoms with Crippen LogP contribution in [0, 0.1) is 12.2 Å². The summed E-state index contributed by atoms with van der Waals surface area (Å²) in [4.78, 5) is 0. The Morgan fingerprint density at radius 3 is 1.08 bits per heavy atom. The van der Waals surface area contributed by atoms with E-state index in [-0.39, 0.29) is 37.3 Å². The fourth-order valence-corrected chi connectivity index (χ4v) is 1.52. The van der Waals surface area contributed by atoms with Crippen LogP contribution in [0.1, 0.15) is 12.8 Å². The van der Waals surface area contributed by atoms with Crippen molar-refractivity contribution in [3.63, 3.8) is 0 Å². The van der Waals surface area contributed by atoms with E-state index in [1.54, 1.807) is 24.3 Å². The van der Waals surface area contributed by atoms with Gasteiger partial charge in [-0.25, -0.2) is 24.3 Å². The largest absolute Gasteiger partial charge is 4.00 e. The van der Waals surface area contributed by atoms with Crippen molar-refractivity contribution in [2.24, 2.45) is 0 Å². The number of benzene rings is 2. The molecule has 2 nitrogen and oxygen atoms in total. The van der Waals surface area contributed by atoms with E-state index in [2.05, 4.69) is 24.3 Å². The second-order valence-corrected chi connectivity index (χ2v) is 4.63. The maximum absolute atomic E-state index is 10.3. The fraction of sp³-hybridized carbons (Fsp3) is 0.0909. The second-order valence-electron chi connectivity index (χ2n) is 4.63. The minimum atomic E-state index is 0. The van der Waals surface area contributed by atoms with Crippen LogP contribution in [-0.2, 0) is 25.8 Å². The molecule has 2 aromatic carbocycles. The third-order valence-electron chi connectivity index (χ3n) is 2.66. The van der Waals surface area contributed by atoms with Gasteiger partial charge in [0.15, 0.2) is 0 Å². The van der Waals surface area contributed by atoms with Crippen LogP contribution in [0.3, 0.4) is 0 Å². The molecule has 0 heterocycles. The molecule has 0 amide bonds. The third-order valence-corrected chi connectivity index (χ3v) is 2.66. The third kappa shape index (κ3) is 15.2. The van der Waals surface area contributed by atoms with E-state index in [9.17, 15) is 10.2 Å². The van der Waals surface area contributed by atoms with Crippen LogP contribution in [0.4, 0.5) is 0 Å². The Kier molecular flexibility index (Phi) is 15.3. The van der Waals surface area contributed by atoms with Gasteiger partial charge in [0.25, 0.3) is 0 Å². The zero-order valence-corrected chi connectivity index (χ0v) is 17.6. The number of rotatable bonds is 0. The smallest absolute Gasteiger partial charge is 0.872 e. The monoisotopic (exact) mass is 496 g/mol. The first-order valence-corrected chi connectivity index (χ1v) is 7.66. The van der Waals surface area contributed by atoms with Gasteiger partial charge in [0.2, 0.25) is 0 Å². The number of hydrogen-bond donors (Lipinski definition) is 0. The molecule has 0 saturated carbocycles. The van der Waals surface area contributed by atoms with Crippen molar-refractivity contribution in [1.82, 2.24) is 0 Å². The average Bonchev–Trinajstić information content (AvgIpc) is 3.36. The summed E-state index contributed by atoms with van der Waals surface area (Å²) >= 11 is 0. The van der Waals surface area contributed by atoms with Gasteiger partial charge in [0.05, 0.1) is 0 Å². The molecule has 0 radical (unpaired) electrons. The molecule has 0 saturated heterocycles. The predicted molar refractivity (Wildman–Crippen MR) is 94.9 cm³/mol. The first-order chi connectivity index (χ1) is 11.8. The molecule has 0 aliphatic heterocycles. The Hall–Kier alpha value is -2.13. The van der Waals surface area contributed by atoms with Crippen molar-refractivity contribution >= 4 is 0 Å². The van der Waals surface area contributed by atoms with Gasteiger partial charge in [-0.2, -0.15) is 12.2 Å². The predicted octanol–water partition coefficient (Wildman–Crippen LogP) is 4.13. The number of hydrogen-bond acceptors (Lipinski definition) is 2. The van der Waals surface area contributed by atoms with Crippen molar-refractivity contribution in [2.45, 2.75) is 12.8 Å². The van der Waals surface area contributed by atoms with Crippen LogP contribution >= 0.6 is 0 Å². The minimum absolute atomic E-state index is 0. The van der Waals surface area contributed by atoms with Gasteiger partial charge in [-0.05, 0) is 0 Å². The van der Waals surface area contributed by atoms with Gasteiger partial charge in [-0.3, -0.25) is 12.2 Å². The van der Waals surface area contributed by atoms with Gasteiger partial charge >= 0.3 is 25.8 Å². The molecule has 2 aliphatic carbocycles. The molecule has 2 aromatic rings. The average molecular weight is 495 g/mol. The molecular formula is C22H20HfO2. The van der Waals surface area contributed by atoms with Crippen molar-refractivity contribution in [1.29, 1.82) is 0 Å². The molecular weight excluding hydrogens is 475 g/mol. The second kappa shape index (κ2) is 16.7. The Morgan fingerprint density at radius 2 is 0.960 bits per heavy atom. The van der Waals surface area contributed by atoms with E-state index in [1.807, 2.05) is 36.4 Å². The van der Waals surface area contributed by atoms with E-state index in [4.69, 9.17) is 0 Å². The Labute approximate surface area is 169 Å². The van der Waals surface area contributed by atoms with E-state index in [0.29, 0.717) is 0 Å². The van der Waals surface area contributed by atoms with Crippen molar-refractivity contribution < 1.29 is 36.1 Å². The molecule has 25 heavy (non-hydrogen) atoms. The fourth-order valence-electron chi connectivity index (χ4n) is 1.52. The summed E-state index contributed by atoms with van der Waals surface area (Å²) in [6.45, 7) is 0. The molecule has 3 heteroatoms. The van der Waals surface area contributed by atoms with Gasteiger partial charge in [-0.1, -0.05) is 60.7 Å². The van der Waals surface area contributed by atoms with Crippen LogP contribution < -0.4 is 10.2 Å². The van der Waals surface area contributed by atoms with Gasteiger partial charge in [-0.15, -0.1) is 24.3 Å². The first-order valence-electron chi connectivity index (χ1n) is 7.66. The SMILES string of the molecule is [C-]1=CC=CC1.[C-]1=CC=CC1.[Hf+4].[O-]c1ccccc1.[O-]c1ccccc1. The first kappa shape index (κ1) is 22.9. The summed E-state index contributed by atoms with van der Waals surface area (Å²) in [6.07, 6.45) is 20.0.